The number of carbonyl (C=O) groups excluding carboxylic acids is 2. The minimum atomic E-state index is -0.389. The molecule has 5 nitrogen and oxygen atoms in total. The second-order valence-electron chi connectivity index (χ2n) is 5.97. The summed E-state index contributed by atoms with van der Waals surface area (Å²) >= 11 is 12.0. The summed E-state index contributed by atoms with van der Waals surface area (Å²) in [6.07, 6.45) is 0. The highest BCUT2D eigenvalue weighted by Gasteiger charge is 2.16. The molecule has 26 heavy (non-hydrogen) atoms. The van der Waals surface area contributed by atoms with E-state index in [9.17, 15) is 14.0 Å². The zero-order valence-corrected chi connectivity index (χ0v) is 15.8. The van der Waals surface area contributed by atoms with Crippen LogP contribution in [0.5, 0.6) is 0 Å². The molecule has 2 rings (SSSR count). The molecule has 0 saturated heterocycles. The highest BCUT2D eigenvalue weighted by molar-refractivity contribution is 6.39. The molecule has 0 aromatic heterocycles. The molecule has 138 valence electrons. The molecule has 2 aromatic carbocycles. The lowest BCUT2D eigenvalue weighted by Gasteiger charge is -2.15. The van der Waals surface area contributed by atoms with E-state index in [0.717, 1.165) is 0 Å². The standard InChI is InChI=1S/C18H18Cl2FN3O2/c1-11-6-7-12(8-15(11)21)22-16(25)9-24(2)10-17(26)23-18-13(19)4-3-5-14(18)20/h3-8H,9-10H2,1-2H3,(H,22,25)(H,23,26)/p+1. The maximum absolute atomic E-state index is 13.5. The molecule has 2 aromatic rings. The Morgan fingerprint density at radius 2 is 1.62 bits per heavy atom. The van der Waals surface area contributed by atoms with Crippen molar-refractivity contribution in [3.63, 3.8) is 0 Å². The Morgan fingerprint density at radius 3 is 2.19 bits per heavy atom. The fraction of sp³-hybridized carbons (Fsp3) is 0.222. The fourth-order valence-corrected chi connectivity index (χ4v) is 2.78. The number of para-hydroxylation sites is 1. The van der Waals surface area contributed by atoms with Gasteiger partial charge < -0.3 is 15.5 Å². The molecule has 0 spiro atoms. The molecular weight excluding hydrogens is 380 g/mol. The largest absolute Gasteiger partial charge is 0.322 e. The Kier molecular flexibility index (Phi) is 6.97. The van der Waals surface area contributed by atoms with Gasteiger partial charge in [0.2, 0.25) is 0 Å². The lowest BCUT2D eigenvalue weighted by molar-refractivity contribution is -0.862. The van der Waals surface area contributed by atoms with E-state index in [-0.39, 0.29) is 30.7 Å². The van der Waals surface area contributed by atoms with Gasteiger partial charge in [-0.15, -0.1) is 0 Å². The first-order chi connectivity index (χ1) is 12.3. The zero-order chi connectivity index (χ0) is 19.3. The second kappa shape index (κ2) is 8.98. The summed E-state index contributed by atoms with van der Waals surface area (Å²) in [4.78, 5) is 24.8. The van der Waals surface area contributed by atoms with Crippen LogP contribution in [0.3, 0.4) is 0 Å². The number of amides is 2. The van der Waals surface area contributed by atoms with E-state index in [1.165, 1.54) is 6.07 Å². The average Bonchev–Trinajstić information content (AvgIpc) is 2.54. The number of hydrogen-bond acceptors (Lipinski definition) is 2. The van der Waals surface area contributed by atoms with Gasteiger partial charge in [0, 0.05) is 5.69 Å². The normalized spacial score (nSPS) is 11.7. The molecule has 0 aliphatic carbocycles. The first-order valence-electron chi connectivity index (χ1n) is 7.87. The molecule has 0 fully saturated rings. The van der Waals surface area contributed by atoms with Crippen molar-refractivity contribution in [2.24, 2.45) is 0 Å². The monoisotopic (exact) mass is 398 g/mol. The van der Waals surface area contributed by atoms with E-state index >= 15 is 0 Å². The smallest absolute Gasteiger partial charge is 0.279 e. The maximum Gasteiger partial charge on any atom is 0.279 e. The second-order valence-corrected chi connectivity index (χ2v) is 6.78. The number of anilines is 2. The predicted octanol–water partition coefficient (Wildman–Crippen LogP) is 2.53. The van der Waals surface area contributed by atoms with Crippen LogP contribution in [0.15, 0.2) is 36.4 Å². The van der Waals surface area contributed by atoms with Gasteiger partial charge in [-0.25, -0.2) is 4.39 Å². The number of nitrogens with one attached hydrogen (secondary N) is 3. The Morgan fingerprint density at radius 1 is 1.04 bits per heavy atom. The number of likely N-dealkylation sites (N-methyl/N-ethyl adjacent to an activating group) is 1. The lowest BCUT2D eigenvalue weighted by atomic mass is 10.2. The van der Waals surface area contributed by atoms with Gasteiger partial charge in [-0.3, -0.25) is 9.59 Å². The molecule has 0 aliphatic heterocycles. The van der Waals surface area contributed by atoms with Crippen molar-refractivity contribution in [2.45, 2.75) is 6.92 Å². The minimum absolute atomic E-state index is 0.0389. The molecule has 0 heterocycles. The summed E-state index contributed by atoms with van der Waals surface area (Å²) < 4.78 is 13.5. The van der Waals surface area contributed by atoms with Crippen molar-refractivity contribution >= 4 is 46.4 Å². The van der Waals surface area contributed by atoms with E-state index in [1.807, 2.05) is 0 Å². The quantitative estimate of drug-likeness (QED) is 0.699. The summed E-state index contributed by atoms with van der Waals surface area (Å²) in [6.45, 7) is 1.72. The maximum atomic E-state index is 13.5. The predicted molar refractivity (Wildman–Crippen MR) is 101 cm³/mol. The fourth-order valence-electron chi connectivity index (χ4n) is 2.29. The first kappa shape index (κ1) is 20.2. The van der Waals surface area contributed by atoms with Crippen LogP contribution in [0.4, 0.5) is 15.8 Å². The van der Waals surface area contributed by atoms with E-state index in [0.29, 0.717) is 31.9 Å². The molecule has 3 N–H and O–H groups in total. The van der Waals surface area contributed by atoms with Gasteiger partial charge >= 0.3 is 0 Å². The summed E-state index contributed by atoms with van der Waals surface area (Å²) in [5, 5.41) is 5.92. The molecule has 0 bridgehead atoms. The Bertz CT molecular complexity index is 810. The number of carbonyl (C=O) groups is 2. The summed E-state index contributed by atoms with van der Waals surface area (Å²) in [5.74, 6) is -1.04. The van der Waals surface area contributed by atoms with Crippen molar-refractivity contribution in [3.05, 3.63) is 57.8 Å². The third-order valence-corrected chi connectivity index (χ3v) is 4.24. The molecule has 8 heteroatoms. The molecule has 0 aliphatic rings. The van der Waals surface area contributed by atoms with Gasteiger partial charge in [0.15, 0.2) is 13.1 Å². The molecule has 1 atom stereocenters. The molecule has 2 amide bonds. The van der Waals surface area contributed by atoms with Crippen LogP contribution < -0.4 is 15.5 Å². The van der Waals surface area contributed by atoms with Crippen molar-refractivity contribution in [3.8, 4) is 0 Å². The topological polar surface area (TPSA) is 62.6 Å². The number of hydrogen-bond donors (Lipinski definition) is 3. The van der Waals surface area contributed by atoms with Gasteiger partial charge in [-0.1, -0.05) is 35.3 Å². The number of quaternary nitrogens is 1. The van der Waals surface area contributed by atoms with Crippen molar-refractivity contribution in [2.75, 3.05) is 30.8 Å². The van der Waals surface area contributed by atoms with E-state index in [1.54, 1.807) is 44.3 Å². The highest BCUT2D eigenvalue weighted by Crippen LogP contribution is 2.29. The summed E-state index contributed by atoms with van der Waals surface area (Å²) in [5.41, 5.74) is 1.21. The molecule has 1 unspecified atom stereocenters. The lowest BCUT2D eigenvalue weighted by Crippen LogP contribution is -3.11. The minimum Gasteiger partial charge on any atom is -0.322 e. The first-order valence-corrected chi connectivity index (χ1v) is 8.63. The van der Waals surface area contributed by atoms with E-state index in [4.69, 9.17) is 23.2 Å². The summed E-state index contributed by atoms with van der Waals surface area (Å²) in [7, 11) is 1.70. The van der Waals surface area contributed by atoms with E-state index < -0.39 is 0 Å². The number of rotatable bonds is 6. The average molecular weight is 399 g/mol. The van der Waals surface area contributed by atoms with Crippen molar-refractivity contribution < 1.29 is 18.9 Å². The van der Waals surface area contributed by atoms with E-state index in [2.05, 4.69) is 10.6 Å². The Hall–Kier alpha value is -2.15. The highest BCUT2D eigenvalue weighted by atomic mass is 35.5. The van der Waals surface area contributed by atoms with Gasteiger partial charge in [-0.05, 0) is 36.8 Å². The third-order valence-electron chi connectivity index (χ3n) is 3.61. The number of aryl methyl sites for hydroxylation is 1. The van der Waals surface area contributed by atoms with Crippen molar-refractivity contribution in [1.29, 1.82) is 0 Å². The van der Waals surface area contributed by atoms with Crippen LogP contribution in [0, 0.1) is 12.7 Å². The number of benzene rings is 2. The van der Waals surface area contributed by atoms with Gasteiger partial charge in [0.25, 0.3) is 11.8 Å². The van der Waals surface area contributed by atoms with Crippen LogP contribution in [0.2, 0.25) is 10.0 Å². The van der Waals surface area contributed by atoms with Crippen LogP contribution in [-0.2, 0) is 9.59 Å². The van der Waals surface area contributed by atoms with Gasteiger partial charge in [0.1, 0.15) is 5.82 Å². The van der Waals surface area contributed by atoms with Gasteiger partial charge in [0.05, 0.1) is 22.8 Å². The van der Waals surface area contributed by atoms with Crippen molar-refractivity contribution in [1.82, 2.24) is 0 Å². The van der Waals surface area contributed by atoms with Gasteiger partial charge in [-0.2, -0.15) is 0 Å². The molecular formula is C18H19Cl2FN3O2+. The van der Waals surface area contributed by atoms with Crippen LogP contribution in [0.1, 0.15) is 5.56 Å². The Labute approximate surface area is 161 Å². The van der Waals surface area contributed by atoms with Crippen LogP contribution >= 0.6 is 23.2 Å². The van der Waals surface area contributed by atoms with Crippen LogP contribution in [0.25, 0.3) is 0 Å². The zero-order valence-electron chi connectivity index (χ0n) is 14.3. The molecule has 0 radical (unpaired) electrons. The number of halogens is 3. The third kappa shape index (κ3) is 5.69. The Balaban J connectivity index is 1.87. The van der Waals surface area contributed by atoms with Crippen LogP contribution in [-0.4, -0.2) is 32.0 Å². The molecule has 0 saturated carbocycles. The SMILES string of the molecule is Cc1ccc(NC(=O)C[NH+](C)CC(=O)Nc2c(Cl)cccc2Cl)cc1F. The summed E-state index contributed by atoms with van der Waals surface area (Å²) in [6, 6.07) is 9.38.